The van der Waals surface area contributed by atoms with Crippen LogP contribution in [-0.4, -0.2) is 23.2 Å². The summed E-state index contributed by atoms with van der Waals surface area (Å²) in [4.78, 5) is 4.23. The molecule has 8 heteroatoms. The standard InChI is InChI=1S/C13H16ClN3O3S/c1-3-6-17-13(15-9-16-17)8-20-11-4-5-12(10(2)7-11)21(14,18)19/h4-5,7,9H,3,6,8H2,1-2H3. The number of hydrogen-bond donors (Lipinski definition) is 0. The van der Waals surface area contributed by atoms with Crippen LogP contribution in [0.4, 0.5) is 0 Å². The van der Waals surface area contributed by atoms with E-state index in [9.17, 15) is 8.42 Å². The maximum atomic E-state index is 11.3. The summed E-state index contributed by atoms with van der Waals surface area (Å²) >= 11 is 0. The summed E-state index contributed by atoms with van der Waals surface area (Å²) in [6.45, 7) is 4.77. The molecule has 2 aromatic rings. The zero-order valence-electron chi connectivity index (χ0n) is 11.8. The van der Waals surface area contributed by atoms with E-state index in [0.29, 0.717) is 11.3 Å². The molecule has 0 N–H and O–H groups in total. The molecule has 0 radical (unpaired) electrons. The topological polar surface area (TPSA) is 74.1 Å². The highest BCUT2D eigenvalue weighted by Gasteiger charge is 2.14. The summed E-state index contributed by atoms with van der Waals surface area (Å²) in [5.74, 6) is 1.28. The fourth-order valence-corrected chi connectivity index (χ4v) is 3.13. The first kappa shape index (κ1) is 15.8. The number of aromatic nitrogens is 3. The molecule has 6 nitrogen and oxygen atoms in total. The van der Waals surface area contributed by atoms with E-state index in [0.717, 1.165) is 18.8 Å². The van der Waals surface area contributed by atoms with Gasteiger partial charge in [0.2, 0.25) is 0 Å². The first-order valence-corrected chi connectivity index (χ1v) is 8.77. The second kappa shape index (κ2) is 6.44. The maximum Gasteiger partial charge on any atom is 0.261 e. The Labute approximate surface area is 128 Å². The van der Waals surface area contributed by atoms with E-state index in [1.807, 2.05) is 0 Å². The van der Waals surface area contributed by atoms with Crippen LogP contribution in [0.1, 0.15) is 24.7 Å². The van der Waals surface area contributed by atoms with Crippen molar-refractivity contribution in [1.82, 2.24) is 14.8 Å². The predicted molar refractivity (Wildman–Crippen MR) is 78.9 cm³/mol. The van der Waals surface area contributed by atoms with E-state index in [4.69, 9.17) is 15.4 Å². The number of nitrogens with zero attached hydrogens (tertiary/aromatic N) is 3. The number of aryl methyl sites for hydroxylation is 2. The van der Waals surface area contributed by atoms with Gasteiger partial charge in [0.1, 0.15) is 18.7 Å². The molecule has 0 aliphatic carbocycles. The van der Waals surface area contributed by atoms with Crippen LogP contribution in [0.3, 0.4) is 0 Å². The van der Waals surface area contributed by atoms with E-state index in [2.05, 4.69) is 17.0 Å². The predicted octanol–water partition coefficient (Wildman–Crippen LogP) is 2.50. The summed E-state index contributed by atoms with van der Waals surface area (Å²) in [5.41, 5.74) is 0.539. The van der Waals surface area contributed by atoms with Crippen LogP contribution in [0.25, 0.3) is 0 Å². The minimum absolute atomic E-state index is 0.0886. The van der Waals surface area contributed by atoms with Gasteiger partial charge in [-0.05, 0) is 37.1 Å². The minimum Gasteiger partial charge on any atom is -0.486 e. The molecule has 0 aliphatic rings. The molecule has 0 aliphatic heterocycles. The summed E-state index contributed by atoms with van der Waals surface area (Å²) < 4.78 is 30.1. The zero-order valence-corrected chi connectivity index (χ0v) is 13.4. The Hall–Kier alpha value is -1.60. The first-order chi connectivity index (χ1) is 9.91. The van der Waals surface area contributed by atoms with Gasteiger partial charge in [-0.3, -0.25) is 0 Å². The third kappa shape index (κ3) is 3.95. The van der Waals surface area contributed by atoms with Crippen molar-refractivity contribution in [3.63, 3.8) is 0 Å². The molecule has 1 heterocycles. The second-order valence-electron chi connectivity index (χ2n) is 4.55. The highest BCUT2D eigenvalue weighted by Crippen LogP contribution is 2.24. The monoisotopic (exact) mass is 329 g/mol. The van der Waals surface area contributed by atoms with Gasteiger partial charge in [0.15, 0.2) is 5.82 Å². The van der Waals surface area contributed by atoms with Gasteiger partial charge in [-0.2, -0.15) is 5.10 Å². The van der Waals surface area contributed by atoms with Gasteiger partial charge < -0.3 is 4.74 Å². The lowest BCUT2D eigenvalue weighted by atomic mass is 10.2. The van der Waals surface area contributed by atoms with Crippen molar-refractivity contribution >= 4 is 19.7 Å². The van der Waals surface area contributed by atoms with Crippen molar-refractivity contribution in [3.05, 3.63) is 35.9 Å². The fraction of sp³-hybridized carbons (Fsp3) is 0.385. The SMILES string of the molecule is CCCn1ncnc1COc1ccc(S(=O)(=O)Cl)c(C)c1. The summed E-state index contributed by atoms with van der Waals surface area (Å²) in [7, 11) is 1.61. The van der Waals surface area contributed by atoms with Gasteiger partial charge in [-0.1, -0.05) is 6.92 Å². The molecule has 0 bridgehead atoms. The van der Waals surface area contributed by atoms with E-state index < -0.39 is 9.05 Å². The van der Waals surface area contributed by atoms with Crippen molar-refractivity contribution in [1.29, 1.82) is 0 Å². The third-order valence-corrected chi connectivity index (χ3v) is 4.39. The van der Waals surface area contributed by atoms with E-state index in [1.54, 1.807) is 23.7 Å². The molecule has 1 aromatic heterocycles. The molecule has 0 atom stereocenters. The zero-order chi connectivity index (χ0) is 15.5. The normalized spacial score (nSPS) is 11.6. The van der Waals surface area contributed by atoms with Gasteiger partial charge in [-0.15, -0.1) is 0 Å². The number of benzene rings is 1. The van der Waals surface area contributed by atoms with E-state index in [1.165, 1.54) is 12.4 Å². The fourth-order valence-electron chi connectivity index (χ4n) is 1.93. The quantitative estimate of drug-likeness (QED) is 0.761. The van der Waals surface area contributed by atoms with Crippen molar-refractivity contribution in [2.24, 2.45) is 0 Å². The van der Waals surface area contributed by atoms with Gasteiger partial charge in [0.05, 0.1) is 4.90 Å². The lowest BCUT2D eigenvalue weighted by Crippen LogP contribution is -2.08. The van der Waals surface area contributed by atoms with Gasteiger partial charge in [-0.25, -0.2) is 18.1 Å². The Morgan fingerprint density at radius 2 is 2.14 bits per heavy atom. The number of hydrogen-bond acceptors (Lipinski definition) is 5. The average molecular weight is 330 g/mol. The molecule has 0 saturated heterocycles. The number of halogens is 1. The molecular formula is C13H16ClN3O3S. The molecule has 0 amide bonds. The Morgan fingerprint density at radius 3 is 2.76 bits per heavy atom. The van der Waals surface area contributed by atoms with Gasteiger partial charge >= 0.3 is 0 Å². The number of ether oxygens (including phenoxy) is 1. The Bertz CT molecular complexity index is 728. The maximum absolute atomic E-state index is 11.3. The van der Waals surface area contributed by atoms with Crippen LogP contribution in [0.15, 0.2) is 29.4 Å². The van der Waals surface area contributed by atoms with Crippen molar-refractivity contribution in [2.45, 2.75) is 38.3 Å². The number of rotatable bonds is 6. The Balaban J connectivity index is 2.11. The van der Waals surface area contributed by atoms with Crippen LogP contribution in [-0.2, 0) is 22.2 Å². The average Bonchev–Trinajstić information content (AvgIpc) is 2.83. The molecule has 0 saturated carbocycles. The van der Waals surface area contributed by atoms with E-state index in [-0.39, 0.29) is 11.5 Å². The molecule has 2 rings (SSSR count). The van der Waals surface area contributed by atoms with Crippen LogP contribution < -0.4 is 4.74 Å². The molecule has 0 fully saturated rings. The van der Waals surface area contributed by atoms with Gasteiger partial charge in [0.25, 0.3) is 9.05 Å². The molecular weight excluding hydrogens is 314 g/mol. The van der Waals surface area contributed by atoms with Crippen LogP contribution in [0, 0.1) is 6.92 Å². The third-order valence-electron chi connectivity index (χ3n) is 2.91. The lowest BCUT2D eigenvalue weighted by Gasteiger charge is -2.09. The minimum atomic E-state index is -3.73. The highest BCUT2D eigenvalue weighted by atomic mass is 35.7. The van der Waals surface area contributed by atoms with Crippen molar-refractivity contribution in [2.75, 3.05) is 0 Å². The summed E-state index contributed by atoms with van der Waals surface area (Å²) in [5, 5.41) is 4.11. The second-order valence-corrected chi connectivity index (χ2v) is 7.09. The molecule has 0 unspecified atom stereocenters. The largest absolute Gasteiger partial charge is 0.486 e. The van der Waals surface area contributed by atoms with Crippen LogP contribution in [0.5, 0.6) is 5.75 Å². The molecule has 0 spiro atoms. The van der Waals surface area contributed by atoms with Gasteiger partial charge in [0, 0.05) is 17.2 Å². The lowest BCUT2D eigenvalue weighted by molar-refractivity contribution is 0.286. The summed E-state index contributed by atoms with van der Waals surface area (Å²) in [6, 6.07) is 4.64. The smallest absolute Gasteiger partial charge is 0.261 e. The highest BCUT2D eigenvalue weighted by molar-refractivity contribution is 8.13. The van der Waals surface area contributed by atoms with Crippen LogP contribution >= 0.6 is 10.7 Å². The Kier molecular flexibility index (Phi) is 4.84. The summed E-state index contributed by atoms with van der Waals surface area (Å²) in [6.07, 6.45) is 2.44. The molecule has 1 aromatic carbocycles. The van der Waals surface area contributed by atoms with Crippen LogP contribution in [0.2, 0.25) is 0 Å². The Morgan fingerprint density at radius 1 is 1.38 bits per heavy atom. The van der Waals surface area contributed by atoms with E-state index >= 15 is 0 Å². The van der Waals surface area contributed by atoms with Crippen molar-refractivity contribution in [3.8, 4) is 5.75 Å². The van der Waals surface area contributed by atoms with Crippen molar-refractivity contribution < 1.29 is 13.2 Å². The molecule has 21 heavy (non-hydrogen) atoms. The molecule has 114 valence electrons. The first-order valence-electron chi connectivity index (χ1n) is 6.46.